The molecule has 0 aliphatic heterocycles. The number of halogens is 1. The molecule has 2 nitrogen and oxygen atoms in total. The minimum atomic E-state index is 0.597. The number of rotatable bonds is 3. The Hall–Kier alpha value is -1.02. The van der Waals surface area contributed by atoms with Crippen molar-refractivity contribution in [3.63, 3.8) is 0 Å². The lowest BCUT2D eigenvalue weighted by Crippen LogP contribution is -2.13. The van der Waals surface area contributed by atoms with E-state index in [9.17, 15) is 0 Å². The van der Waals surface area contributed by atoms with Crippen molar-refractivity contribution in [1.82, 2.24) is 9.55 Å². The third-order valence-electron chi connectivity index (χ3n) is 4.90. The van der Waals surface area contributed by atoms with Gasteiger partial charge in [-0.25, -0.2) is 4.98 Å². The minimum Gasteiger partial charge on any atom is -0.325 e. The average molecular weight is 305 g/mol. The maximum absolute atomic E-state index is 6.02. The van der Waals surface area contributed by atoms with Gasteiger partial charge in [0.1, 0.15) is 5.82 Å². The van der Waals surface area contributed by atoms with Gasteiger partial charge in [0.2, 0.25) is 0 Å². The molecule has 0 amide bonds. The summed E-state index contributed by atoms with van der Waals surface area (Å²) in [5, 5.41) is 0. The van der Waals surface area contributed by atoms with Crippen molar-refractivity contribution in [1.29, 1.82) is 0 Å². The van der Waals surface area contributed by atoms with E-state index in [0.717, 1.165) is 17.9 Å². The van der Waals surface area contributed by atoms with Crippen molar-refractivity contribution in [2.24, 2.45) is 5.92 Å². The normalized spacial score (nSPS) is 23.4. The summed E-state index contributed by atoms with van der Waals surface area (Å²) in [6, 6.07) is 7.04. The summed E-state index contributed by atoms with van der Waals surface area (Å²) >= 11 is 6.02. The van der Waals surface area contributed by atoms with Crippen molar-refractivity contribution in [3.8, 4) is 0 Å². The van der Waals surface area contributed by atoms with Crippen molar-refractivity contribution in [3.05, 3.63) is 29.6 Å². The first-order chi connectivity index (χ1) is 10.2. The number of hydrogen-bond donors (Lipinski definition) is 0. The Morgan fingerprint density at radius 3 is 2.90 bits per heavy atom. The fourth-order valence-electron chi connectivity index (χ4n) is 3.75. The van der Waals surface area contributed by atoms with E-state index in [1.807, 2.05) is 0 Å². The first-order valence-electron chi connectivity index (χ1n) is 8.23. The largest absolute Gasteiger partial charge is 0.325 e. The van der Waals surface area contributed by atoms with Crippen molar-refractivity contribution in [2.75, 3.05) is 5.88 Å². The third-order valence-corrected chi connectivity index (χ3v) is 5.08. The molecule has 3 rings (SSSR count). The zero-order valence-electron chi connectivity index (χ0n) is 13.1. The molecular weight excluding hydrogens is 280 g/mol. The predicted molar refractivity (Wildman–Crippen MR) is 90.2 cm³/mol. The van der Waals surface area contributed by atoms with E-state index < -0.39 is 0 Å². The van der Waals surface area contributed by atoms with Gasteiger partial charge in [0, 0.05) is 18.3 Å². The molecule has 1 aliphatic rings. The zero-order valence-corrected chi connectivity index (χ0v) is 13.9. The molecule has 2 aromatic rings. The van der Waals surface area contributed by atoms with E-state index in [1.54, 1.807) is 0 Å². The Balaban J connectivity index is 2.07. The van der Waals surface area contributed by atoms with Gasteiger partial charge in [-0.05, 0) is 43.7 Å². The van der Waals surface area contributed by atoms with Gasteiger partial charge in [0.05, 0.1) is 11.0 Å². The second-order valence-corrected chi connectivity index (χ2v) is 6.92. The van der Waals surface area contributed by atoms with Crippen LogP contribution < -0.4 is 0 Å². The van der Waals surface area contributed by atoms with Crippen molar-refractivity contribution >= 4 is 22.6 Å². The number of nitrogens with zero attached hydrogens (tertiary/aromatic N) is 2. The molecule has 1 fully saturated rings. The van der Waals surface area contributed by atoms with Gasteiger partial charge in [0.25, 0.3) is 0 Å². The molecule has 1 saturated carbocycles. The molecule has 114 valence electrons. The molecule has 3 heteroatoms. The molecule has 1 aliphatic carbocycles. The number of hydrogen-bond acceptors (Lipinski definition) is 1. The fourth-order valence-corrected chi connectivity index (χ4v) is 3.92. The van der Waals surface area contributed by atoms with Gasteiger partial charge in [-0.1, -0.05) is 31.9 Å². The predicted octanol–water partition coefficient (Wildman–Crippen LogP) is 5.27. The van der Waals surface area contributed by atoms with E-state index in [2.05, 4.69) is 36.6 Å². The number of benzene rings is 1. The van der Waals surface area contributed by atoms with Gasteiger partial charge in [-0.3, -0.25) is 0 Å². The summed E-state index contributed by atoms with van der Waals surface area (Å²) in [5.74, 6) is 2.68. The van der Waals surface area contributed by atoms with Gasteiger partial charge < -0.3 is 4.57 Å². The fraction of sp³-hybridized carbons (Fsp3) is 0.611. The average Bonchev–Trinajstić information content (AvgIpc) is 2.69. The van der Waals surface area contributed by atoms with Crippen LogP contribution in [0.3, 0.4) is 0 Å². The first-order valence-corrected chi connectivity index (χ1v) is 8.76. The second-order valence-electron chi connectivity index (χ2n) is 6.55. The quantitative estimate of drug-likeness (QED) is 0.558. The van der Waals surface area contributed by atoms with Crippen LogP contribution in [0.5, 0.6) is 0 Å². The molecule has 1 heterocycles. The molecule has 1 aromatic carbocycles. The molecular formula is C18H25ClN2. The molecule has 0 saturated heterocycles. The molecule has 0 spiro atoms. The Kier molecular flexibility index (Phi) is 4.54. The Labute approximate surface area is 132 Å². The van der Waals surface area contributed by atoms with Crippen LogP contribution in [0.2, 0.25) is 0 Å². The topological polar surface area (TPSA) is 17.8 Å². The maximum Gasteiger partial charge on any atom is 0.111 e. The molecule has 2 unspecified atom stereocenters. The summed E-state index contributed by atoms with van der Waals surface area (Å²) < 4.78 is 2.52. The van der Waals surface area contributed by atoms with E-state index in [-0.39, 0.29) is 0 Å². The lowest BCUT2D eigenvalue weighted by Gasteiger charge is -2.21. The molecule has 0 N–H and O–H groups in total. The lowest BCUT2D eigenvalue weighted by atomic mass is 10.0. The molecule has 1 aromatic heterocycles. The second kappa shape index (κ2) is 6.39. The van der Waals surface area contributed by atoms with E-state index in [4.69, 9.17) is 16.6 Å². The van der Waals surface area contributed by atoms with Gasteiger partial charge in [-0.15, -0.1) is 11.6 Å². The summed E-state index contributed by atoms with van der Waals surface area (Å²) in [6.45, 7) is 4.59. The highest BCUT2D eigenvalue weighted by atomic mass is 35.5. The van der Waals surface area contributed by atoms with Crippen LogP contribution in [0.15, 0.2) is 18.2 Å². The van der Waals surface area contributed by atoms with Crippen LogP contribution in [-0.4, -0.2) is 15.4 Å². The number of alkyl halides is 1. The van der Waals surface area contributed by atoms with Crippen LogP contribution in [0.1, 0.15) is 56.5 Å². The number of aromatic nitrogens is 2. The molecule has 21 heavy (non-hydrogen) atoms. The zero-order chi connectivity index (χ0) is 14.8. The van der Waals surface area contributed by atoms with Crippen LogP contribution in [-0.2, 0) is 6.42 Å². The van der Waals surface area contributed by atoms with Crippen LogP contribution in [0.25, 0.3) is 11.0 Å². The van der Waals surface area contributed by atoms with Crippen molar-refractivity contribution < 1.29 is 0 Å². The number of para-hydroxylation sites is 1. The lowest BCUT2D eigenvalue weighted by molar-refractivity contribution is 0.430. The van der Waals surface area contributed by atoms with Gasteiger partial charge >= 0.3 is 0 Å². The summed E-state index contributed by atoms with van der Waals surface area (Å²) in [6.07, 6.45) is 7.44. The Morgan fingerprint density at radius 1 is 1.24 bits per heavy atom. The molecule has 0 radical (unpaired) electrons. The highest BCUT2D eigenvalue weighted by molar-refractivity contribution is 6.17. The minimum absolute atomic E-state index is 0.597. The summed E-state index contributed by atoms with van der Waals surface area (Å²) in [7, 11) is 0. The molecule has 2 atom stereocenters. The van der Waals surface area contributed by atoms with Gasteiger partial charge in [0.15, 0.2) is 0 Å². The monoisotopic (exact) mass is 304 g/mol. The highest BCUT2D eigenvalue weighted by Crippen LogP contribution is 2.34. The van der Waals surface area contributed by atoms with Crippen LogP contribution in [0.4, 0.5) is 0 Å². The highest BCUT2D eigenvalue weighted by Gasteiger charge is 2.22. The summed E-state index contributed by atoms with van der Waals surface area (Å²) in [4.78, 5) is 4.87. The first kappa shape index (κ1) is 14.9. The van der Waals surface area contributed by atoms with Gasteiger partial charge in [-0.2, -0.15) is 0 Å². The van der Waals surface area contributed by atoms with Crippen LogP contribution >= 0.6 is 11.6 Å². The van der Waals surface area contributed by atoms with E-state index >= 15 is 0 Å². The molecule has 0 bridgehead atoms. The number of fused-ring (bicyclic) bond motifs is 1. The van der Waals surface area contributed by atoms with E-state index in [1.165, 1.54) is 49.0 Å². The third kappa shape index (κ3) is 2.96. The van der Waals surface area contributed by atoms with E-state index in [0.29, 0.717) is 11.9 Å². The van der Waals surface area contributed by atoms with Crippen molar-refractivity contribution in [2.45, 2.75) is 58.4 Å². The number of aryl methyl sites for hydroxylation is 2. The smallest absolute Gasteiger partial charge is 0.111 e. The maximum atomic E-state index is 6.02. The SMILES string of the molecule is Cc1cccc2nc(CCCl)n(C3CCCC(C)CC3)c12. The standard InChI is InChI=1S/C18H25ClN2/c1-13-5-3-7-15(10-9-13)21-17(11-12-19)20-16-8-4-6-14(2)18(16)21/h4,6,8,13,15H,3,5,7,9-12H2,1-2H3. The summed E-state index contributed by atoms with van der Waals surface area (Å²) in [5.41, 5.74) is 3.79. The number of imidazole rings is 1. The Morgan fingerprint density at radius 2 is 2.10 bits per heavy atom. The van der Waals surface area contributed by atoms with Crippen LogP contribution in [0, 0.1) is 12.8 Å². The Bertz CT molecular complexity index is 617.